The molecule has 1 unspecified atom stereocenters. The van der Waals surface area contributed by atoms with Gasteiger partial charge in [-0.2, -0.15) is 0 Å². The van der Waals surface area contributed by atoms with Gasteiger partial charge in [0.05, 0.1) is 4.90 Å². The topological polar surface area (TPSA) is 69.4 Å². The predicted octanol–water partition coefficient (Wildman–Crippen LogP) is 1.53. The maximum Gasteiger partial charge on any atom is 0.175 e. The Bertz CT molecular complexity index is 511. The van der Waals surface area contributed by atoms with Crippen molar-refractivity contribution in [1.29, 1.82) is 0 Å². The molecule has 0 fully saturated rings. The Morgan fingerprint density at radius 1 is 1.53 bits per heavy atom. The third-order valence-electron chi connectivity index (χ3n) is 2.20. The Labute approximate surface area is 107 Å². The first-order valence-corrected chi connectivity index (χ1v) is 7.40. The molecular weight excluding hydrogens is 258 g/mol. The van der Waals surface area contributed by atoms with Gasteiger partial charge in [-0.05, 0) is 24.6 Å². The summed E-state index contributed by atoms with van der Waals surface area (Å²) in [6.07, 6.45) is 1.41. The zero-order valence-corrected chi connectivity index (χ0v) is 11.3. The number of nitrogens with two attached hydrogens (primary N) is 1. The maximum absolute atomic E-state index is 11.4. The fraction of sp³-hybridized carbons (Fsp3) is 0.364. The lowest BCUT2D eigenvalue weighted by atomic mass is 10.2. The molecule has 1 aromatic rings. The summed E-state index contributed by atoms with van der Waals surface area (Å²) in [7, 11) is -3.23. The standard InChI is InChI=1S/C11H15NO3S2/c1-3-10(11(12)16)15-8-5-4-6-9(7-8)17(2,13)14/h4-7,10H,3H2,1-2H3,(H2,12,16). The molecule has 1 atom stereocenters. The summed E-state index contributed by atoms with van der Waals surface area (Å²) in [5.74, 6) is 0.451. The summed E-state index contributed by atoms with van der Waals surface area (Å²) in [6, 6.07) is 6.29. The van der Waals surface area contributed by atoms with Gasteiger partial charge >= 0.3 is 0 Å². The molecule has 0 aliphatic heterocycles. The molecule has 0 aromatic heterocycles. The van der Waals surface area contributed by atoms with E-state index < -0.39 is 9.84 Å². The molecule has 0 bridgehead atoms. The number of ether oxygens (including phenoxy) is 1. The smallest absolute Gasteiger partial charge is 0.175 e. The van der Waals surface area contributed by atoms with Crippen molar-refractivity contribution in [3.8, 4) is 5.75 Å². The molecule has 0 radical (unpaired) electrons. The highest BCUT2D eigenvalue weighted by Crippen LogP contribution is 2.19. The average Bonchev–Trinajstić information content (AvgIpc) is 2.24. The number of benzene rings is 1. The van der Waals surface area contributed by atoms with Gasteiger partial charge in [0.15, 0.2) is 9.84 Å². The first-order valence-electron chi connectivity index (χ1n) is 5.10. The van der Waals surface area contributed by atoms with Crippen molar-refractivity contribution < 1.29 is 13.2 Å². The average molecular weight is 273 g/mol. The van der Waals surface area contributed by atoms with Gasteiger partial charge in [-0.25, -0.2) is 8.42 Å². The van der Waals surface area contributed by atoms with Gasteiger partial charge in [-0.3, -0.25) is 0 Å². The minimum Gasteiger partial charge on any atom is -0.483 e. The van der Waals surface area contributed by atoms with Crippen LogP contribution in [0.2, 0.25) is 0 Å². The van der Waals surface area contributed by atoms with E-state index in [0.717, 1.165) is 6.26 Å². The summed E-state index contributed by atoms with van der Waals surface area (Å²) in [5, 5.41) is 0. The van der Waals surface area contributed by atoms with E-state index in [0.29, 0.717) is 12.2 Å². The molecule has 17 heavy (non-hydrogen) atoms. The quantitative estimate of drug-likeness (QED) is 0.824. The summed E-state index contributed by atoms with van der Waals surface area (Å²) in [5.41, 5.74) is 5.51. The third kappa shape index (κ3) is 3.98. The summed E-state index contributed by atoms with van der Waals surface area (Å²) in [6.45, 7) is 1.89. The molecule has 4 nitrogen and oxygen atoms in total. The van der Waals surface area contributed by atoms with Crippen LogP contribution in [-0.4, -0.2) is 25.8 Å². The Morgan fingerprint density at radius 3 is 2.65 bits per heavy atom. The first-order chi connectivity index (χ1) is 7.84. The van der Waals surface area contributed by atoms with Gasteiger partial charge < -0.3 is 10.5 Å². The number of sulfone groups is 1. The monoisotopic (exact) mass is 273 g/mol. The van der Waals surface area contributed by atoms with E-state index in [4.69, 9.17) is 22.7 Å². The van der Waals surface area contributed by atoms with Gasteiger partial charge in [0.2, 0.25) is 0 Å². The second-order valence-electron chi connectivity index (χ2n) is 3.66. The van der Waals surface area contributed by atoms with Crippen molar-refractivity contribution in [1.82, 2.24) is 0 Å². The molecule has 0 saturated carbocycles. The van der Waals surface area contributed by atoms with E-state index in [2.05, 4.69) is 0 Å². The number of hydrogen-bond donors (Lipinski definition) is 1. The SMILES string of the molecule is CCC(Oc1cccc(S(C)(=O)=O)c1)C(N)=S. The van der Waals surface area contributed by atoms with Crippen molar-refractivity contribution >= 4 is 27.0 Å². The van der Waals surface area contributed by atoms with Crippen molar-refractivity contribution in [3.05, 3.63) is 24.3 Å². The van der Waals surface area contributed by atoms with Crippen molar-refractivity contribution in [3.63, 3.8) is 0 Å². The molecule has 1 aromatic carbocycles. The van der Waals surface area contributed by atoms with Crippen LogP contribution in [0.3, 0.4) is 0 Å². The van der Waals surface area contributed by atoms with E-state index >= 15 is 0 Å². The predicted molar refractivity (Wildman–Crippen MR) is 71.0 cm³/mol. The highest BCUT2D eigenvalue weighted by molar-refractivity contribution is 7.90. The minimum atomic E-state index is -3.23. The molecule has 0 saturated heterocycles. The molecular formula is C11H15NO3S2. The Kier molecular flexibility index (Phi) is 4.47. The second kappa shape index (κ2) is 5.46. The van der Waals surface area contributed by atoms with Crippen LogP contribution in [-0.2, 0) is 9.84 Å². The fourth-order valence-electron chi connectivity index (χ4n) is 1.29. The number of hydrogen-bond acceptors (Lipinski definition) is 4. The van der Waals surface area contributed by atoms with Crippen LogP contribution >= 0.6 is 12.2 Å². The summed E-state index contributed by atoms with van der Waals surface area (Å²) < 4.78 is 28.3. The molecule has 0 heterocycles. The van der Waals surface area contributed by atoms with E-state index in [1.807, 2.05) is 6.92 Å². The molecule has 0 aliphatic rings. The Balaban J connectivity index is 2.97. The van der Waals surface area contributed by atoms with Crippen LogP contribution in [0.5, 0.6) is 5.75 Å². The van der Waals surface area contributed by atoms with Crippen LogP contribution in [0.25, 0.3) is 0 Å². The molecule has 2 N–H and O–H groups in total. The summed E-state index contributed by atoms with van der Waals surface area (Å²) >= 11 is 4.86. The van der Waals surface area contributed by atoms with E-state index in [9.17, 15) is 8.42 Å². The van der Waals surface area contributed by atoms with Crippen molar-refractivity contribution in [2.45, 2.75) is 24.3 Å². The maximum atomic E-state index is 11.4. The van der Waals surface area contributed by atoms with Gasteiger partial charge in [-0.15, -0.1) is 0 Å². The molecule has 1 rings (SSSR count). The Morgan fingerprint density at radius 2 is 2.18 bits per heavy atom. The van der Waals surface area contributed by atoms with Crippen LogP contribution in [0.15, 0.2) is 29.2 Å². The van der Waals surface area contributed by atoms with Crippen LogP contribution < -0.4 is 10.5 Å². The van der Waals surface area contributed by atoms with Crippen LogP contribution in [0.1, 0.15) is 13.3 Å². The van der Waals surface area contributed by atoms with E-state index in [-0.39, 0.29) is 16.0 Å². The van der Waals surface area contributed by atoms with Gasteiger partial charge in [-0.1, -0.05) is 25.2 Å². The second-order valence-corrected chi connectivity index (χ2v) is 6.15. The lowest BCUT2D eigenvalue weighted by Crippen LogP contribution is -2.31. The normalized spacial score (nSPS) is 13.1. The van der Waals surface area contributed by atoms with Gasteiger partial charge in [0.25, 0.3) is 0 Å². The van der Waals surface area contributed by atoms with Crippen molar-refractivity contribution in [2.75, 3.05) is 6.26 Å². The van der Waals surface area contributed by atoms with Gasteiger partial charge in [0.1, 0.15) is 16.8 Å². The van der Waals surface area contributed by atoms with E-state index in [1.54, 1.807) is 12.1 Å². The molecule has 0 amide bonds. The zero-order valence-electron chi connectivity index (χ0n) is 9.71. The number of rotatable bonds is 5. The lowest BCUT2D eigenvalue weighted by molar-refractivity contribution is 0.263. The van der Waals surface area contributed by atoms with E-state index in [1.165, 1.54) is 12.1 Å². The minimum absolute atomic E-state index is 0.216. The van der Waals surface area contributed by atoms with Gasteiger partial charge in [0, 0.05) is 6.26 Å². The van der Waals surface area contributed by atoms with Crippen molar-refractivity contribution in [2.24, 2.45) is 5.73 Å². The largest absolute Gasteiger partial charge is 0.483 e. The highest BCUT2D eigenvalue weighted by Gasteiger charge is 2.13. The molecule has 0 aliphatic carbocycles. The van der Waals surface area contributed by atoms with Crippen LogP contribution in [0, 0.1) is 0 Å². The molecule has 6 heteroatoms. The van der Waals surface area contributed by atoms with Crippen LogP contribution in [0.4, 0.5) is 0 Å². The Hall–Kier alpha value is -1.14. The number of thiocarbonyl (C=S) groups is 1. The molecule has 0 spiro atoms. The fourth-order valence-corrected chi connectivity index (χ4v) is 2.16. The highest BCUT2D eigenvalue weighted by atomic mass is 32.2. The first kappa shape index (κ1) is 13.9. The lowest BCUT2D eigenvalue weighted by Gasteiger charge is -2.16. The summed E-state index contributed by atoms with van der Waals surface area (Å²) in [4.78, 5) is 0.477. The third-order valence-corrected chi connectivity index (χ3v) is 3.57. The zero-order chi connectivity index (χ0) is 13.1. The molecule has 94 valence electrons.